The Morgan fingerprint density at radius 3 is 2.76 bits per heavy atom. The number of carbonyl (C=O) groups is 1. The highest BCUT2D eigenvalue weighted by Gasteiger charge is 2.24. The van der Waals surface area contributed by atoms with E-state index >= 15 is 0 Å². The van der Waals surface area contributed by atoms with Gasteiger partial charge in [0.25, 0.3) is 11.5 Å². The molecule has 0 bridgehead atoms. The van der Waals surface area contributed by atoms with Gasteiger partial charge in [-0.25, -0.2) is 5.10 Å². The average molecular weight is 258 g/mol. The molecule has 17 heavy (non-hydrogen) atoms. The number of rotatable bonds is 5. The molecule has 1 rings (SSSR count). The summed E-state index contributed by atoms with van der Waals surface area (Å²) in [6.07, 6.45) is 1.45. The van der Waals surface area contributed by atoms with Gasteiger partial charge < -0.3 is 5.32 Å². The molecule has 0 saturated heterocycles. The molecule has 0 radical (unpaired) electrons. The van der Waals surface area contributed by atoms with Gasteiger partial charge in [0.1, 0.15) is 5.69 Å². The molecular weight excluding hydrogens is 242 g/mol. The molecular formula is C11H16ClN3O2. The van der Waals surface area contributed by atoms with E-state index in [0.29, 0.717) is 12.3 Å². The maximum absolute atomic E-state index is 11.9. The molecule has 0 aromatic carbocycles. The third-order valence-corrected chi connectivity index (χ3v) is 2.94. The minimum absolute atomic E-state index is 0.193. The second-order valence-corrected chi connectivity index (χ2v) is 4.49. The van der Waals surface area contributed by atoms with Gasteiger partial charge in [0.05, 0.1) is 0 Å². The number of alkyl halides is 1. The van der Waals surface area contributed by atoms with Crippen LogP contribution in [0, 0.1) is 0 Å². The van der Waals surface area contributed by atoms with Crippen molar-refractivity contribution >= 4 is 17.5 Å². The number of nitrogens with zero attached hydrogens (tertiary/aromatic N) is 1. The lowest BCUT2D eigenvalue weighted by molar-refractivity contribution is 0.0895. The van der Waals surface area contributed by atoms with Crippen molar-refractivity contribution in [3.63, 3.8) is 0 Å². The molecule has 0 aliphatic rings. The monoisotopic (exact) mass is 257 g/mol. The first kappa shape index (κ1) is 13.7. The second-order valence-electron chi connectivity index (χ2n) is 4.11. The number of nitrogens with one attached hydrogen (secondary N) is 2. The van der Waals surface area contributed by atoms with E-state index in [1.54, 1.807) is 0 Å². The van der Waals surface area contributed by atoms with E-state index in [2.05, 4.69) is 15.5 Å². The summed E-state index contributed by atoms with van der Waals surface area (Å²) >= 11 is 5.70. The molecule has 0 fully saturated rings. The molecule has 2 N–H and O–H groups in total. The lowest BCUT2D eigenvalue weighted by Crippen LogP contribution is -2.46. The van der Waals surface area contributed by atoms with Crippen molar-refractivity contribution in [3.8, 4) is 0 Å². The fourth-order valence-corrected chi connectivity index (χ4v) is 1.76. The van der Waals surface area contributed by atoms with E-state index < -0.39 is 0 Å². The smallest absolute Gasteiger partial charge is 0.272 e. The van der Waals surface area contributed by atoms with Gasteiger partial charge >= 0.3 is 0 Å². The summed E-state index contributed by atoms with van der Waals surface area (Å²) in [5, 5.41) is 8.77. The van der Waals surface area contributed by atoms with Gasteiger partial charge in [0.15, 0.2) is 0 Å². The summed E-state index contributed by atoms with van der Waals surface area (Å²) in [5.74, 6) is 0.166. The summed E-state index contributed by atoms with van der Waals surface area (Å²) in [5.41, 5.74) is -0.490. The van der Waals surface area contributed by atoms with E-state index in [1.807, 2.05) is 13.8 Å². The van der Waals surface area contributed by atoms with Crippen LogP contribution in [0.4, 0.5) is 0 Å². The largest absolute Gasteiger partial charge is 0.345 e. The Kier molecular flexibility index (Phi) is 4.69. The molecule has 1 aromatic rings. The lowest BCUT2D eigenvalue weighted by atomic mass is 9.95. The molecule has 1 atom stereocenters. The molecule has 1 unspecified atom stereocenters. The summed E-state index contributed by atoms with van der Waals surface area (Å²) in [7, 11) is 0. The zero-order chi connectivity index (χ0) is 12.9. The summed E-state index contributed by atoms with van der Waals surface area (Å²) < 4.78 is 0. The van der Waals surface area contributed by atoms with E-state index in [-0.39, 0.29) is 22.7 Å². The van der Waals surface area contributed by atoms with E-state index in [0.717, 1.165) is 6.42 Å². The SMILES string of the molecule is CCC(C)(CCCl)NC(=O)c1ccc(=O)[nH]n1. The second kappa shape index (κ2) is 5.82. The van der Waals surface area contributed by atoms with E-state index in [1.165, 1.54) is 12.1 Å². The van der Waals surface area contributed by atoms with Crippen molar-refractivity contribution in [1.29, 1.82) is 0 Å². The Bertz CT molecular complexity index is 426. The molecule has 94 valence electrons. The third kappa shape index (κ3) is 3.85. The Morgan fingerprint density at radius 2 is 2.29 bits per heavy atom. The van der Waals surface area contributed by atoms with Crippen molar-refractivity contribution in [1.82, 2.24) is 15.5 Å². The van der Waals surface area contributed by atoms with Crippen molar-refractivity contribution in [2.45, 2.75) is 32.2 Å². The highest BCUT2D eigenvalue weighted by atomic mass is 35.5. The van der Waals surface area contributed by atoms with Crippen LogP contribution in [0.15, 0.2) is 16.9 Å². The topological polar surface area (TPSA) is 74.8 Å². The maximum atomic E-state index is 11.9. The van der Waals surface area contributed by atoms with Crippen LogP contribution in [0.5, 0.6) is 0 Å². The molecule has 0 saturated carbocycles. The van der Waals surface area contributed by atoms with Crippen LogP contribution in [0.2, 0.25) is 0 Å². The molecule has 0 aliphatic heterocycles. The molecule has 1 aromatic heterocycles. The van der Waals surface area contributed by atoms with Crippen LogP contribution in [0.1, 0.15) is 37.2 Å². The number of halogens is 1. The summed E-state index contributed by atoms with van der Waals surface area (Å²) in [4.78, 5) is 22.7. The van der Waals surface area contributed by atoms with Gasteiger partial charge in [-0.2, -0.15) is 5.10 Å². The Morgan fingerprint density at radius 1 is 1.59 bits per heavy atom. The lowest BCUT2D eigenvalue weighted by Gasteiger charge is -2.28. The summed E-state index contributed by atoms with van der Waals surface area (Å²) in [6, 6.07) is 2.66. The predicted octanol–water partition coefficient (Wildman–Crippen LogP) is 1.30. The number of aromatic amines is 1. The van der Waals surface area contributed by atoms with Crippen LogP contribution >= 0.6 is 11.6 Å². The van der Waals surface area contributed by atoms with Gasteiger partial charge in [0.2, 0.25) is 0 Å². The zero-order valence-corrected chi connectivity index (χ0v) is 10.7. The quantitative estimate of drug-likeness (QED) is 0.781. The number of aromatic nitrogens is 2. The van der Waals surface area contributed by atoms with Crippen LogP contribution in [0.25, 0.3) is 0 Å². The third-order valence-electron chi connectivity index (χ3n) is 2.75. The van der Waals surface area contributed by atoms with Crippen molar-refractivity contribution in [3.05, 3.63) is 28.2 Å². The van der Waals surface area contributed by atoms with Crippen molar-refractivity contribution in [2.24, 2.45) is 0 Å². The number of H-pyrrole nitrogens is 1. The molecule has 6 heteroatoms. The highest BCUT2D eigenvalue weighted by Crippen LogP contribution is 2.15. The van der Waals surface area contributed by atoms with Gasteiger partial charge in [-0.3, -0.25) is 9.59 Å². The fraction of sp³-hybridized carbons (Fsp3) is 0.545. The van der Waals surface area contributed by atoms with Crippen LogP contribution in [-0.2, 0) is 0 Å². The van der Waals surface area contributed by atoms with Gasteiger partial charge in [-0.05, 0) is 25.8 Å². The highest BCUT2D eigenvalue weighted by molar-refractivity contribution is 6.17. The molecule has 0 spiro atoms. The Hall–Kier alpha value is -1.36. The van der Waals surface area contributed by atoms with Crippen molar-refractivity contribution in [2.75, 3.05) is 5.88 Å². The summed E-state index contributed by atoms with van der Waals surface area (Å²) in [6.45, 7) is 3.91. The molecule has 1 amide bonds. The minimum atomic E-state index is -0.351. The van der Waals surface area contributed by atoms with E-state index in [4.69, 9.17) is 11.6 Å². The number of hydrogen-bond acceptors (Lipinski definition) is 3. The number of carbonyl (C=O) groups excluding carboxylic acids is 1. The van der Waals surface area contributed by atoms with E-state index in [9.17, 15) is 9.59 Å². The zero-order valence-electron chi connectivity index (χ0n) is 9.92. The van der Waals surface area contributed by atoms with Crippen LogP contribution in [0.3, 0.4) is 0 Å². The molecule has 5 nitrogen and oxygen atoms in total. The Labute approximate surface area is 105 Å². The molecule has 0 aliphatic carbocycles. The van der Waals surface area contributed by atoms with Gasteiger partial charge in [-0.1, -0.05) is 6.92 Å². The van der Waals surface area contributed by atoms with Crippen molar-refractivity contribution < 1.29 is 4.79 Å². The van der Waals surface area contributed by atoms with Gasteiger partial charge in [0, 0.05) is 17.5 Å². The first-order valence-corrected chi connectivity index (χ1v) is 5.98. The minimum Gasteiger partial charge on any atom is -0.345 e. The standard InChI is InChI=1S/C11H16ClN3O2/c1-3-11(2,6-7-12)13-10(17)8-4-5-9(16)15-14-8/h4-5H,3,6-7H2,1-2H3,(H,13,17)(H,15,16). The first-order chi connectivity index (χ1) is 8.00. The van der Waals surface area contributed by atoms with Crippen LogP contribution < -0.4 is 10.9 Å². The number of amides is 1. The van der Waals surface area contributed by atoms with Gasteiger partial charge in [-0.15, -0.1) is 11.6 Å². The molecule has 1 heterocycles. The predicted molar refractivity (Wildman–Crippen MR) is 66.4 cm³/mol. The normalized spacial score (nSPS) is 14.1. The Balaban J connectivity index is 2.77. The fourth-order valence-electron chi connectivity index (χ4n) is 1.35. The number of hydrogen-bond donors (Lipinski definition) is 2. The maximum Gasteiger partial charge on any atom is 0.272 e. The average Bonchev–Trinajstić information content (AvgIpc) is 2.30. The van der Waals surface area contributed by atoms with Crippen LogP contribution in [-0.4, -0.2) is 27.5 Å². The first-order valence-electron chi connectivity index (χ1n) is 5.45.